The molecule has 0 aliphatic carbocycles. The predicted octanol–water partition coefficient (Wildman–Crippen LogP) is 4.80. The molecule has 33 heavy (non-hydrogen) atoms. The molecule has 0 aliphatic rings. The largest absolute Gasteiger partial charge is 0.298 e. The van der Waals surface area contributed by atoms with Gasteiger partial charge in [0, 0.05) is 18.0 Å². The van der Waals surface area contributed by atoms with Crippen molar-refractivity contribution in [3.05, 3.63) is 90.6 Å². The summed E-state index contributed by atoms with van der Waals surface area (Å²) in [4.78, 5) is 17.9. The topological polar surface area (TPSA) is 94.0 Å². The molecule has 164 valence electrons. The highest BCUT2D eigenvalue weighted by Gasteiger charge is 2.20. The standard InChI is InChI=1S/C24H18N4O3S2/c1-33(30,31)18-12-13-20-21(14-18)32-24(25-20)26-23(29)19-15-28(17-10-6-3-7-11-17)27-22(19)16-8-4-2-5-9-16/h2-15H,1H3,(H,25,26,29). The van der Waals surface area contributed by atoms with Gasteiger partial charge >= 0.3 is 0 Å². The number of aromatic nitrogens is 3. The zero-order chi connectivity index (χ0) is 23.0. The minimum Gasteiger partial charge on any atom is -0.298 e. The number of carbonyl (C=O) groups is 1. The third-order valence-electron chi connectivity index (χ3n) is 5.04. The highest BCUT2D eigenvalue weighted by molar-refractivity contribution is 7.90. The highest BCUT2D eigenvalue weighted by atomic mass is 32.2. The van der Waals surface area contributed by atoms with E-state index in [1.165, 1.54) is 17.4 Å². The number of carbonyl (C=O) groups excluding carboxylic acids is 1. The molecular weight excluding hydrogens is 456 g/mol. The van der Waals surface area contributed by atoms with Gasteiger partial charge in [0.25, 0.3) is 5.91 Å². The first kappa shape index (κ1) is 21.0. The number of sulfone groups is 1. The van der Waals surface area contributed by atoms with Gasteiger partial charge in [-0.2, -0.15) is 5.10 Å². The molecular formula is C24H18N4O3S2. The Morgan fingerprint density at radius 2 is 1.67 bits per heavy atom. The van der Waals surface area contributed by atoms with Gasteiger partial charge in [0.1, 0.15) is 5.69 Å². The smallest absolute Gasteiger partial charge is 0.261 e. The number of hydrogen-bond donors (Lipinski definition) is 1. The Hall–Kier alpha value is -3.82. The van der Waals surface area contributed by atoms with E-state index in [9.17, 15) is 13.2 Å². The fraction of sp³-hybridized carbons (Fsp3) is 0.0417. The number of benzene rings is 3. The van der Waals surface area contributed by atoms with E-state index in [0.717, 1.165) is 17.5 Å². The van der Waals surface area contributed by atoms with E-state index in [0.29, 0.717) is 26.6 Å². The fourth-order valence-corrected chi connectivity index (χ4v) is 5.04. The first-order chi connectivity index (χ1) is 15.9. The lowest BCUT2D eigenvalue weighted by Gasteiger charge is -2.02. The molecule has 0 unspecified atom stereocenters. The van der Waals surface area contributed by atoms with Crippen molar-refractivity contribution < 1.29 is 13.2 Å². The van der Waals surface area contributed by atoms with Crippen molar-refractivity contribution in [1.29, 1.82) is 0 Å². The van der Waals surface area contributed by atoms with Gasteiger partial charge < -0.3 is 0 Å². The molecule has 5 aromatic rings. The second-order valence-electron chi connectivity index (χ2n) is 7.41. The summed E-state index contributed by atoms with van der Waals surface area (Å²) in [7, 11) is -3.33. The molecule has 1 N–H and O–H groups in total. The molecule has 0 saturated heterocycles. The third kappa shape index (κ3) is 4.28. The van der Waals surface area contributed by atoms with Crippen LogP contribution in [0.3, 0.4) is 0 Å². The molecule has 0 bridgehead atoms. The van der Waals surface area contributed by atoms with Crippen molar-refractivity contribution >= 4 is 42.4 Å². The first-order valence-corrected chi connectivity index (χ1v) is 12.7. The number of nitrogens with one attached hydrogen (secondary N) is 1. The molecule has 0 fully saturated rings. The highest BCUT2D eigenvalue weighted by Crippen LogP contribution is 2.30. The third-order valence-corrected chi connectivity index (χ3v) is 7.08. The van der Waals surface area contributed by atoms with Gasteiger partial charge in [-0.25, -0.2) is 18.1 Å². The molecule has 1 amide bonds. The van der Waals surface area contributed by atoms with Gasteiger partial charge in [-0.05, 0) is 30.3 Å². The van der Waals surface area contributed by atoms with Crippen molar-refractivity contribution in [3.8, 4) is 16.9 Å². The molecule has 2 heterocycles. The minimum atomic E-state index is -3.33. The van der Waals surface area contributed by atoms with Crippen LogP contribution < -0.4 is 5.32 Å². The van der Waals surface area contributed by atoms with Crippen LogP contribution in [-0.2, 0) is 9.84 Å². The summed E-state index contributed by atoms with van der Waals surface area (Å²) in [6.45, 7) is 0. The Bertz CT molecular complexity index is 1570. The van der Waals surface area contributed by atoms with E-state index >= 15 is 0 Å². The Labute approximate surface area is 194 Å². The van der Waals surface area contributed by atoms with Gasteiger partial charge in [0.2, 0.25) is 0 Å². The summed E-state index contributed by atoms with van der Waals surface area (Å²) in [6, 6.07) is 23.8. The lowest BCUT2D eigenvalue weighted by molar-refractivity contribution is 0.102. The summed E-state index contributed by atoms with van der Waals surface area (Å²) < 4.78 is 26.0. The number of hydrogen-bond acceptors (Lipinski definition) is 6. The van der Waals surface area contributed by atoms with E-state index in [2.05, 4.69) is 15.4 Å². The summed E-state index contributed by atoms with van der Waals surface area (Å²) in [5.74, 6) is -0.349. The minimum absolute atomic E-state index is 0.215. The quantitative estimate of drug-likeness (QED) is 0.395. The molecule has 0 aliphatic heterocycles. The molecule has 3 aromatic carbocycles. The normalized spacial score (nSPS) is 11.5. The van der Waals surface area contributed by atoms with E-state index in [4.69, 9.17) is 0 Å². The van der Waals surface area contributed by atoms with Crippen molar-refractivity contribution in [2.24, 2.45) is 0 Å². The van der Waals surface area contributed by atoms with Crippen molar-refractivity contribution in [2.75, 3.05) is 11.6 Å². The van der Waals surface area contributed by atoms with Gasteiger partial charge in [-0.3, -0.25) is 10.1 Å². The number of fused-ring (bicyclic) bond motifs is 1. The maximum Gasteiger partial charge on any atom is 0.261 e. The van der Waals surface area contributed by atoms with Crippen LogP contribution >= 0.6 is 11.3 Å². The van der Waals surface area contributed by atoms with Crippen LogP contribution in [0.2, 0.25) is 0 Å². The molecule has 0 atom stereocenters. The fourth-order valence-electron chi connectivity index (χ4n) is 3.42. The number of para-hydroxylation sites is 1. The summed E-state index contributed by atoms with van der Waals surface area (Å²) in [5, 5.41) is 7.90. The number of nitrogens with zero attached hydrogens (tertiary/aromatic N) is 3. The summed E-state index contributed by atoms with van der Waals surface area (Å²) >= 11 is 1.22. The van der Waals surface area contributed by atoms with Crippen LogP contribution in [0.4, 0.5) is 5.13 Å². The van der Waals surface area contributed by atoms with Gasteiger partial charge in [0.05, 0.1) is 26.4 Å². The monoisotopic (exact) mass is 474 g/mol. The molecule has 2 aromatic heterocycles. The summed E-state index contributed by atoms with van der Waals surface area (Å²) in [6.07, 6.45) is 2.86. The molecule has 0 radical (unpaired) electrons. The van der Waals surface area contributed by atoms with Crippen molar-refractivity contribution in [2.45, 2.75) is 4.90 Å². The molecule has 0 spiro atoms. The number of amides is 1. The zero-order valence-electron chi connectivity index (χ0n) is 17.5. The average Bonchev–Trinajstić information content (AvgIpc) is 3.43. The van der Waals surface area contributed by atoms with E-state index in [-0.39, 0.29) is 10.8 Å². The lowest BCUT2D eigenvalue weighted by Crippen LogP contribution is -2.12. The number of thiazole rings is 1. The maximum atomic E-state index is 13.3. The predicted molar refractivity (Wildman–Crippen MR) is 130 cm³/mol. The van der Waals surface area contributed by atoms with Gasteiger partial charge in [0.15, 0.2) is 15.0 Å². The lowest BCUT2D eigenvalue weighted by atomic mass is 10.1. The Balaban J connectivity index is 1.52. The van der Waals surface area contributed by atoms with Crippen LogP contribution in [0, 0.1) is 0 Å². The van der Waals surface area contributed by atoms with Crippen molar-refractivity contribution in [1.82, 2.24) is 14.8 Å². The Morgan fingerprint density at radius 1 is 0.970 bits per heavy atom. The van der Waals surface area contributed by atoms with Crippen molar-refractivity contribution in [3.63, 3.8) is 0 Å². The first-order valence-electron chi connectivity index (χ1n) is 10.0. The molecule has 7 nitrogen and oxygen atoms in total. The second kappa shape index (κ2) is 8.27. The van der Waals surface area contributed by atoms with E-state index in [1.807, 2.05) is 60.7 Å². The Kier molecular flexibility index (Phi) is 5.27. The zero-order valence-corrected chi connectivity index (χ0v) is 19.1. The SMILES string of the molecule is CS(=O)(=O)c1ccc2nc(NC(=O)c3cn(-c4ccccc4)nc3-c3ccccc3)sc2c1. The van der Waals surface area contributed by atoms with Crippen LogP contribution in [0.1, 0.15) is 10.4 Å². The number of rotatable bonds is 5. The average molecular weight is 475 g/mol. The molecule has 0 saturated carbocycles. The van der Waals surface area contributed by atoms with Crippen LogP contribution in [-0.4, -0.2) is 35.3 Å². The van der Waals surface area contributed by atoms with E-state index < -0.39 is 9.84 Å². The van der Waals surface area contributed by atoms with Crippen LogP contribution in [0.25, 0.3) is 27.2 Å². The van der Waals surface area contributed by atoms with Gasteiger partial charge in [-0.15, -0.1) is 0 Å². The maximum absolute atomic E-state index is 13.3. The van der Waals surface area contributed by atoms with Crippen LogP contribution in [0.15, 0.2) is 90.0 Å². The van der Waals surface area contributed by atoms with E-state index in [1.54, 1.807) is 23.0 Å². The molecule has 5 rings (SSSR count). The second-order valence-corrected chi connectivity index (χ2v) is 10.5. The Morgan fingerprint density at radius 3 is 2.36 bits per heavy atom. The molecule has 9 heteroatoms. The van der Waals surface area contributed by atoms with Crippen LogP contribution in [0.5, 0.6) is 0 Å². The number of anilines is 1. The van der Waals surface area contributed by atoms with Gasteiger partial charge in [-0.1, -0.05) is 59.9 Å². The summed E-state index contributed by atoms with van der Waals surface area (Å²) in [5.41, 5.74) is 3.23.